The highest BCUT2D eigenvalue weighted by atomic mass is 15.1. The molecule has 1 aliphatic carbocycles. The summed E-state index contributed by atoms with van der Waals surface area (Å²) in [4.78, 5) is 2.82. The molecule has 0 amide bonds. The van der Waals surface area contributed by atoms with Crippen molar-refractivity contribution in [2.75, 3.05) is 19.6 Å². The molecule has 0 aromatic rings. The maximum atomic E-state index is 8.23. The molecule has 12 heavy (non-hydrogen) atoms. The van der Waals surface area contributed by atoms with Crippen LogP contribution >= 0.6 is 0 Å². The summed E-state index contributed by atoms with van der Waals surface area (Å²) in [5, 5.41) is 7.06. The van der Waals surface area contributed by atoms with Crippen LogP contribution in [-0.2, 0) is 0 Å². The molecule has 0 aromatic heterocycles. The Bertz CT molecular complexity index is 215. The zero-order valence-corrected chi connectivity index (χ0v) is 7.16. The molecule has 66 valence electrons. The first-order valence-electron chi connectivity index (χ1n) is 4.59. The van der Waals surface area contributed by atoms with Gasteiger partial charge in [-0.25, -0.2) is 0 Å². The topological polar surface area (TPSA) is 60.8 Å². The maximum absolute atomic E-state index is 8.23. The van der Waals surface area contributed by atoms with Crippen molar-refractivity contribution in [2.45, 2.75) is 19.3 Å². The monoisotopic (exact) mass is 166 g/mol. The van der Waals surface area contributed by atoms with E-state index in [0.29, 0.717) is 17.9 Å². The Morgan fingerprint density at radius 1 is 1.58 bits per heavy atom. The molecule has 4 nitrogen and oxygen atoms in total. The molecule has 1 N–H and O–H groups in total. The summed E-state index contributed by atoms with van der Waals surface area (Å²) in [5.74, 6) is 0.599. The smallest absolute Gasteiger partial charge is 0.0304 e. The summed E-state index contributed by atoms with van der Waals surface area (Å²) < 4.78 is 0. The minimum atomic E-state index is 0.508. The Balaban J connectivity index is 1.99. The number of nitrogens with zero attached hydrogens (tertiary/aromatic N) is 3. The van der Waals surface area contributed by atoms with Crippen LogP contribution in [0.25, 0.3) is 10.4 Å². The van der Waals surface area contributed by atoms with E-state index in [2.05, 4.69) is 15.3 Å². The van der Waals surface area contributed by atoms with Gasteiger partial charge in [0.15, 0.2) is 0 Å². The van der Waals surface area contributed by atoms with Crippen molar-refractivity contribution in [1.29, 1.82) is 0 Å². The lowest BCUT2D eigenvalue weighted by atomic mass is 9.63. The normalized spacial score (nSPS) is 31.2. The molecular formula is C8H14N4. The zero-order valence-electron chi connectivity index (χ0n) is 7.16. The predicted molar refractivity (Wildman–Crippen MR) is 46.7 cm³/mol. The number of hydrogen-bond donors (Lipinski definition) is 1. The van der Waals surface area contributed by atoms with Gasteiger partial charge in [0, 0.05) is 18.0 Å². The van der Waals surface area contributed by atoms with Crippen molar-refractivity contribution in [1.82, 2.24) is 5.32 Å². The zero-order chi connectivity index (χ0) is 8.44. The molecule has 0 radical (unpaired) electrons. The highest BCUT2D eigenvalue weighted by Crippen LogP contribution is 2.49. The fraction of sp³-hybridized carbons (Fsp3) is 1.00. The van der Waals surface area contributed by atoms with Crippen LogP contribution < -0.4 is 5.32 Å². The van der Waals surface area contributed by atoms with Gasteiger partial charge in [0.05, 0.1) is 0 Å². The Hall–Kier alpha value is -0.730. The van der Waals surface area contributed by atoms with E-state index in [-0.39, 0.29) is 0 Å². The average molecular weight is 166 g/mol. The summed E-state index contributed by atoms with van der Waals surface area (Å²) in [5.41, 5.74) is 8.73. The first-order chi connectivity index (χ1) is 5.87. The number of rotatable bonds is 2. The van der Waals surface area contributed by atoms with E-state index in [9.17, 15) is 0 Å². The highest BCUT2D eigenvalue weighted by Gasteiger charge is 2.46. The third-order valence-electron chi connectivity index (χ3n) is 3.45. The van der Waals surface area contributed by atoms with Gasteiger partial charge < -0.3 is 5.32 Å². The van der Waals surface area contributed by atoms with Crippen LogP contribution in [0.15, 0.2) is 5.11 Å². The molecule has 1 spiro atoms. The largest absolute Gasteiger partial charge is 0.316 e. The van der Waals surface area contributed by atoms with Crippen molar-refractivity contribution in [3.05, 3.63) is 10.4 Å². The van der Waals surface area contributed by atoms with Crippen LogP contribution in [-0.4, -0.2) is 19.6 Å². The molecule has 0 aromatic carbocycles. The SMILES string of the molecule is [N-]=[N+]=NCC1CNCC12CCC2. The summed E-state index contributed by atoms with van der Waals surface area (Å²) in [6.07, 6.45) is 4.01. The standard InChI is InChI=1S/C8H14N4/c9-12-11-5-7-4-10-6-8(7)2-1-3-8/h7,10H,1-6H2. The molecule has 1 saturated heterocycles. The quantitative estimate of drug-likeness (QED) is 0.378. The molecule has 2 fully saturated rings. The molecule has 2 rings (SSSR count). The van der Waals surface area contributed by atoms with Gasteiger partial charge in [-0.3, -0.25) is 0 Å². The van der Waals surface area contributed by atoms with Gasteiger partial charge in [-0.05, 0) is 36.3 Å². The summed E-state index contributed by atoms with van der Waals surface area (Å²) in [6, 6.07) is 0. The Morgan fingerprint density at radius 2 is 2.42 bits per heavy atom. The van der Waals surface area contributed by atoms with Crippen molar-refractivity contribution in [2.24, 2.45) is 16.4 Å². The second-order valence-electron chi connectivity index (χ2n) is 3.96. The van der Waals surface area contributed by atoms with Gasteiger partial charge in [-0.1, -0.05) is 11.5 Å². The maximum Gasteiger partial charge on any atom is 0.0304 e. The molecule has 1 atom stereocenters. The Labute approximate surface area is 72.0 Å². The fourth-order valence-corrected chi connectivity index (χ4v) is 2.47. The van der Waals surface area contributed by atoms with E-state index in [0.717, 1.165) is 13.1 Å². The minimum Gasteiger partial charge on any atom is -0.316 e. The Morgan fingerprint density at radius 3 is 3.00 bits per heavy atom. The van der Waals surface area contributed by atoms with E-state index in [1.807, 2.05) is 0 Å². The van der Waals surface area contributed by atoms with E-state index in [1.54, 1.807) is 0 Å². The minimum absolute atomic E-state index is 0.508. The van der Waals surface area contributed by atoms with E-state index >= 15 is 0 Å². The number of azide groups is 1. The van der Waals surface area contributed by atoms with Crippen LogP contribution in [0.3, 0.4) is 0 Å². The summed E-state index contributed by atoms with van der Waals surface area (Å²) in [6.45, 7) is 2.86. The van der Waals surface area contributed by atoms with Gasteiger partial charge >= 0.3 is 0 Å². The second-order valence-corrected chi connectivity index (χ2v) is 3.96. The van der Waals surface area contributed by atoms with Crippen LogP contribution in [0.4, 0.5) is 0 Å². The van der Waals surface area contributed by atoms with E-state index in [1.165, 1.54) is 19.3 Å². The molecule has 4 heteroatoms. The van der Waals surface area contributed by atoms with Gasteiger partial charge in [0.2, 0.25) is 0 Å². The third kappa shape index (κ3) is 1.08. The van der Waals surface area contributed by atoms with Gasteiger partial charge in [0.25, 0.3) is 0 Å². The Kier molecular flexibility index (Phi) is 1.95. The van der Waals surface area contributed by atoms with Gasteiger partial charge in [-0.2, -0.15) is 0 Å². The molecule has 2 aliphatic rings. The first kappa shape index (κ1) is 7.90. The van der Waals surface area contributed by atoms with E-state index in [4.69, 9.17) is 5.53 Å². The van der Waals surface area contributed by atoms with Crippen molar-refractivity contribution in [3.8, 4) is 0 Å². The van der Waals surface area contributed by atoms with Crippen LogP contribution in [0.1, 0.15) is 19.3 Å². The second kappa shape index (κ2) is 2.96. The van der Waals surface area contributed by atoms with Crippen LogP contribution in [0, 0.1) is 11.3 Å². The fourth-order valence-electron chi connectivity index (χ4n) is 2.47. The summed E-state index contributed by atoms with van der Waals surface area (Å²) in [7, 11) is 0. The lowest BCUT2D eigenvalue weighted by molar-refractivity contribution is 0.103. The van der Waals surface area contributed by atoms with Crippen molar-refractivity contribution < 1.29 is 0 Å². The third-order valence-corrected chi connectivity index (χ3v) is 3.45. The van der Waals surface area contributed by atoms with Crippen LogP contribution in [0.2, 0.25) is 0 Å². The highest BCUT2D eigenvalue weighted by molar-refractivity contribution is 5.00. The summed E-state index contributed by atoms with van der Waals surface area (Å²) >= 11 is 0. The van der Waals surface area contributed by atoms with Crippen molar-refractivity contribution in [3.63, 3.8) is 0 Å². The van der Waals surface area contributed by atoms with Crippen LogP contribution in [0.5, 0.6) is 0 Å². The molecule has 1 aliphatic heterocycles. The lowest BCUT2D eigenvalue weighted by Gasteiger charge is -2.42. The van der Waals surface area contributed by atoms with Gasteiger partial charge in [0.1, 0.15) is 0 Å². The average Bonchev–Trinajstić information content (AvgIpc) is 2.42. The molecular weight excluding hydrogens is 152 g/mol. The van der Waals surface area contributed by atoms with Gasteiger partial charge in [-0.15, -0.1) is 0 Å². The predicted octanol–water partition coefficient (Wildman–Crippen LogP) is 1.69. The first-order valence-corrected chi connectivity index (χ1v) is 4.59. The number of nitrogens with one attached hydrogen (secondary N) is 1. The van der Waals surface area contributed by atoms with E-state index < -0.39 is 0 Å². The number of hydrogen-bond acceptors (Lipinski definition) is 2. The molecule has 1 unspecified atom stereocenters. The molecule has 1 heterocycles. The molecule has 1 saturated carbocycles. The van der Waals surface area contributed by atoms with Crippen molar-refractivity contribution >= 4 is 0 Å². The molecule has 0 bridgehead atoms. The lowest BCUT2D eigenvalue weighted by Crippen LogP contribution is -2.38.